The Bertz CT molecular complexity index is 711. The largest absolute Gasteiger partial charge is 0.547 e. The number of carbonyl (C=O) groups excluding carboxylic acids is 2. The average molecular weight is 424 g/mol. The normalized spacial score (nSPS) is 27.6. The van der Waals surface area contributed by atoms with Crippen LogP contribution in [-0.4, -0.2) is 59.5 Å². The van der Waals surface area contributed by atoms with Crippen molar-refractivity contribution in [2.24, 2.45) is 11.0 Å². The van der Waals surface area contributed by atoms with Crippen molar-refractivity contribution in [3.63, 3.8) is 0 Å². The highest BCUT2D eigenvalue weighted by atomic mass is 16.7. The second-order valence-corrected chi connectivity index (χ2v) is 10.1. The van der Waals surface area contributed by atoms with Crippen molar-refractivity contribution in [3.8, 4) is 0 Å². The van der Waals surface area contributed by atoms with Crippen molar-refractivity contribution in [2.45, 2.75) is 90.0 Å². The van der Waals surface area contributed by atoms with Gasteiger partial charge in [-0.05, 0) is 61.2 Å². The van der Waals surface area contributed by atoms with E-state index in [9.17, 15) is 14.7 Å². The van der Waals surface area contributed by atoms with E-state index in [1.807, 2.05) is 27.7 Å². The minimum absolute atomic E-state index is 0.130. The summed E-state index contributed by atoms with van der Waals surface area (Å²) in [4.78, 5) is 28.7. The van der Waals surface area contributed by atoms with E-state index in [0.717, 1.165) is 0 Å². The topological polar surface area (TPSA) is 138 Å². The van der Waals surface area contributed by atoms with Gasteiger partial charge < -0.3 is 28.8 Å². The molecule has 11 heteroatoms. The summed E-state index contributed by atoms with van der Waals surface area (Å²) in [5.74, 6) is -2.02. The molecule has 30 heavy (non-hydrogen) atoms. The number of ether oxygens (including phenoxy) is 1. The predicted molar refractivity (Wildman–Crippen MR) is 106 cm³/mol. The number of amides is 1. The predicted octanol–water partition coefficient (Wildman–Crippen LogP) is 1.76. The van der Waals surface area contributed by atoms with Gasteiger partial charge in [0.25, 0.3) is 0 Å². The molecule has 0 spiro atoms. The average Bonchev–Trinajstić information content (AvgIpc) is 3.02. The Morgan fingerprint density at radius 3 is 2.30 bits per heavy atom. The molecule has 2 aliphatic heterocycles. The van der Waals surface area contributed by atoms with Gasteiger partial charge in [0.1, 0.15) is 16.2 Å². The monoisotopic (exact) mass is 424 g/mol. The van der Waals surface area contributed by atoms with E-state index in [4.69, 9.17) is 19.6 Å². The Labute approximate surface area is 178 Å². The summed E-state index contributed by atoms with van der Waals surface area (Å²) < 4.78 is 17.3. The van der Waals surface area contributed by atoms with Crippen LogP contribution in [0.2, 0.25) is 6.32 Å². The molecule has 0 radical (unpaired) electrons. The van der Waals surface area contributed by atoms with Gasteiger partial charge in [-0.15, -0.1) is 0 Å². The quantitative estimate of drug-likeness (QED) is 0.392. The van der Waals surface area contributed by atoms with Crippen LogP contribution in [0.25, 0.3) is 0 Å². The highest BCUT2D eigenvalue weighted by Crippen LogP contribution is 2.39. The maximum atomic E-state index is 12.5. The minimum atomic E-state index is -1.77. The van der Waals surface area contributed by atoms with Gasteiger partial charge in [-0.3, -0.25) is 0 Å². The summed E-state index contributed by atoms with van der Waals surface area (Å²) in [7, 11) is -0.395. The van der Waals surface area contributed by atoms with Crippen LogP contribution in [0.1, 0.15) is 61.3 Å². The number of aliphatic carboxylic acids is 1. The molecular formula is C19H33BN4O6. The fourth-order valence-corrected chi connectivity index (χ4v) is 3.79. The summed E-state index contributed by atoms with van der Waals surface area (Å²) in [6, 6.07) is 0. The Morgan fingerprint density at radius 1 is 1.27 bits per heavy atom. The molecule has 0 aromatic carbocycles. The molecule has 2 unspecified atom stereocenters. The third-order valence-electron chi connectivity index (χ3n) is 6.08. The first-order chi connectivity index (χ1) is 13.6. The Kier molecular flexibility index (Phi) is 6.71. The van der Waals surface area contributed by atoms with Crippen molar-refractivity contribution in [3.05, 3.63) is 0 Å². The third-order valence-corrected chi connectivity index (χ3v) is 6.08. The molecule has 0 aromatic heterocycles. The maximum Gasteiger partial charge on any atom is 0.457 e. The van der Waals surface area contributed by atoms with Crippen molar-refractivity contribution < 1.29 is 28.7 Å². The van der Waals surface area contributed by atoms with Crippen LogP contribution >= 0.6 is 0 Å². The van der Waals surface area contributed by atoms with E-state index >= 15 is 0 Å². The highest BCUT2D eigenvalue weighted by Gasteiger charge is 2.55. The van der Waals surface area contributed by atoms with Crippen LogP contribution in [-0.2, 0) is 18.8 Å². The number of carboxylic acid groups (broad SMARTS) is 1. The number of rotatable bonds is 6. The lowest BCUT2D eigenvalue weighted by Crippen LogP contribution is -2.53. The van der Waals surface area contributed by atoms with E-state index in [2.05, 4.69) is 10.0 Å². The third kappa shape index (κ3) is 5.02. The lowest BCUT2D eigenvalue weighted by Gasteiger charge is -2.32. The molecule has 0 saturated carbocycles. The molecule has 2 saturated heterocycles. The van der Waals surface area contributed by atoms with Gasteiger partial charge in [0, 0.05) is 12.5 Å². The van der Waals surface area contributed by atoms with Crippen molar-refractivity contribution in [2.75, 3.05) is 13.1 Å². The molecule has 0 aromatic rings. The van der Waals surface area contributed by atoms with Gasteiger partial charge in [-0.2, -0.15) is 0 Å². The molecule has 2 heterocycles. The molecule has 2 atom stereocenters. The van der Waals surface area contributed by atoms with Crippen LogP contribution in [0.3, 0.4) is 0 Å². The molecule has 10 nitrogen and oxygen atoms in total. The van der Waals surface area contributed by atoms with Crippen LogP contribution < -0.4 is 10.0 Å². The fraction of sp³-hybridized carbons (Fsp3) is 0.895. The first-order valence-corrected chi connectivity index (χ1v) is 10.3. The van der Waals surface area contributed by atoms with Crippen LogP contribution in [0.15, 0.2) is 5.11 Å². The van der Waals surface area contributed by atoms with Gasteiger partial charge in [-0.1, -0.05) is 6.42 Å². The Balaban J connectivity index is 2.09. The van der Waals surface area contributed by atoms with Crippen molar-refractivity contribution in [1.29, 1.82) is 5.53 Å². The van der Waals surface area contributed by atoms with Gasteiger partial charge >= 0.3 is 13.2 Å². The zero-order valence-electron chi connectivity index (χ0n) is 19.0. The first kappa shape index (κ1) is 24.3. The highest BCUT2D eigenvalue weighted by molar-refractivity contribution is 6.45. The maximum absolute atomic E-state index is 12.5. The second kappa shape index (κ2) is 8.28. The second-order valence-electron chi connectivity index (χ2n) is 10.1. The molecule has 2 rings (SSSR count). The molecule has 168 valence electrons. The summed E-state index contributed by atoms with van der Waals surface area (Å²) in [6.07, 6.45) is 0.959. The Hall–Kier alpha value is -1.97. The van der Waals surface area contributed by atoms with Gasteiger partial charge in [0.05, 0.1) is 23.7 Å². The molecule has 1 amide bonds. The number of nitrogens with one attached hydrogen (secondary N) is 1. The number of carbonyl (C=O) groups is 2. The van der Waals surface area contributed by atoms with E-state index in [-0.39, 0.29) is 13.1 Å². The smallest absolute Gasteiger partial charge is 0.457 e. The van der Waals surface area contributed by atoms with Gasteiger partial charge in [0.2, 0.25) is 10.5 Å². The van der Waals surface area contributed by atoms with E-state index in [0.29, 0.717) is 19.2 Å². The number of hydrogen-bond acceptors (Lipinski definition) is 8. The van der Waals surface area contributed by atoms with E-state index in [1.54, 1.807) is 20.8 Å². The van der Waals surface area contributed by atoms with Gasteiger partial charge in [-0.25, -0.2) is 4.79 Å². The Morgan fingerprint density at radius 2 is 1.83 bits per heavy atom. The summed E-state index contributed by atoms with van der Waals surface area (Å²) >= 11 is 0. The zero-order valence-corrected chi connectivity index (χ0v) is 19.0. The van der Waals surface area contributed by atoms with Crippen molar-refractivity contribution >= 4 is 19.2 Å². The number of nitrogens with zero attached hydrogens (tertiary/aromatic N) is 3. The number of hydrogen-bond donors (Lipinski definition) is 1. The number of likely N-dealkylation sites (tertiary alicyclic amines) is 1. The van der Waals surface area contributed by atoms with Crippen LogP contribution in [0.5, 0.6) is 0 Å². The molecule has 2 aliphatic rings. The summed E-state index contributed by atoms with van der Waals surface area (Å²) in [5, 5.41) is 15.7. The molecule has 0 bridgehead atoms. The van der Waals surface area contributed by atoms with Crippen molar-refractivity contribution in [1.82, 2.24) is 9.81 Å². The summed E-state index contributed by atoms with van der Waals surface area (Å²) in [5.41, 5.74) is 3.73. The molecular weight excluding hydrogens is 391 g/mol. The minimum Gasteiger partial charge on any atom is -0.547 e. The van der Waals surface area contributed by atoms with E-state index < -0.39 is 47.4 Å². The van der Waals surface area contributed by atoms with E-state index in [1.165, 1.54) is 4.90 Å². The first-order valence-electron chi connectivity index (χ1n) is 10.3. The zero-order chi connectivity index (χ0) is 23.0. The fourth-order valence-electron chi connectivity index (χ4n) is 3.79. The number of carboxylic acids is 1. The lowest BCUT2D eigenvalue weighted by atomic mass is 9.78. The van der Waals surface area contributed by atoms with Gasteiger partial charge in [0.15, 0.2) is 0 Å². The van der Waals surface area contributed by atoms with Crippen LogP contribution in [0.4, 0.5) is 4.79 Å². The van der Waals surface area contributed by atoms with Crippen LogP contribution in [0, 0.1) is 11.4 Å². The molecule has 2 fully saturated rings. The molecule has 1 N–H and O–H groups in total. The summed E-state index contributed by atoms with van der Waals surface area (Å²) in [6.45, 7) is 13.0. The molecule has 0 aliphatic carbocycles. The lowest BCUT2D eigenvalue weighted by molar-refractivity contribution is -0.314. The SMILES string of the molecule is CC(C)(C)OC(=O)N1CC(CCCB2OC(C)(C)C(C)(C)O2)C(N=[N+]=N)(C(=O)[O-])C1. The standard InChI is InChI=1S/C19H33BN4O6/c1-16(2,3)28-15(27)24-11-13(19(12-24,14(25)26)22-23-21)9-8-10-20-29-17(4,5)18(6,7)30-20/h13,21H,8-12H2,1-7H3.